The van der Waals surface area contributed by atoms with Crippen LogP contribution < -0.4 is 5.32 Å². The molecule has 5 nitrogen and oxygen atoms in total. The molecule has 0 saturated heterocycles. The van der Waals surface area contributed by atoms with E-state index in [0.29, 0.717) is 18.8 Å². The Kier molecular flexibility index (Phi) is 4.69. The summed E-state index contributed by atoms with van der Waals surface area (Å²) in [5.74, 6) is 0.712. The van der Waals surface area contributed by atoms with Crippen LogP contribution in [0.5, 0.6) is 0 Å². The minimum atomic E-state index is -0.497. The molecular formula is C18H16N4OS2. The van der Waals surface area contributed by atoms with Crippen molar-refractivity contribution in [1.82, 2.24) is 15.0 Å². The topological polar surface area (TPSA) is 70.9 Å². The van der Waals surface area contributed by atoms with E-state index >= 15 is 0 Å². The highest BCUT2D eigenvalue weighted by atomic mass is 32.1. The fourth-order valence-electron chi connectivity index (χ4n) is 2.56. The van der Waals surface area contributed by atoms with Crippen molar-refractivity contribution in [2.45, 2.75) is 12.5 Å². The first-order valence-electron chi connectivity index (χ1n) is 7.93. The molecule has 3 heterocycles. The number of thiazole rings is 1. The highest BCUT2D eigenvalue weighted by molar-refractivity contribution is 7.24. The number of benzene rings is 1. The molecule has 4 aromatic rings. The number of fused-ring (bicyclic) bond motifs is 1. The first kappa shape index (κ1) is 16.1. The molecule has 0 bridgehead atoms. The normalized spacial score (nSPS) is 12.4. The molecule has 0 spiro atoms. The maximum Gasteiger partial charge on any atom is 0.156 e. The molecule has 7 heteroatoms. The summed E-state index contributed by atoms with van der Waals surface area (Å²) in [6.45, 7) is 0.605. The monoisotopic (exact) mass is 368 g/mol. The Morgan fingerprint density at radius 3 is 2.76 bits per heavy atom. The van der Waals surface area contributed by atoms with Crippen LogP contribution in [0.3, 0.4) is 0 Å². The van der Waals surface area contributed by atoms with Crippen molar-refractivity contribution in [3.8, 4) is 9.88 Å². The van der Waals surface area contributed by atoms with Crippen LogP contribution in [0.2, 0.25) is 0 Å². The maximum absolute atomic E-state index is 10.3. The zero-order chi connectivity index (χ0) is 17.1. The largest absolute Gasteiger partial charge is 0.388 e. The molecule has 0 saturated carbocycles. The van der Waals surface area contributed by atoms with Gasteiger partial charge in [0.1, 0.15) is 21.7 Å². The molecule has 0 amide bonds. The maximum atomic E-state index is 10.3. The number of aliphatic hydroxyl groups is 1. The molecule has 1 atom stereocenters. The standard InChI is InChI=1S/C18H16N4OS2/c23-13(12-5-2-1-3-6-12)8-9-19-16-15-18(21-11-20-16)25-17(22-15)14-7-4-10-24-14/h1-7,10-11,13,23H,8-9H2,(H,19,20,21). The summed E-state index contributed by atoms with van der Waals surface area (Å²) in [7, 11) is 0. The number of anilines is 1. The van der Waals surface area contributed by atoms with E-state index < -0.39 is 6.10 Å². The molecule has 4 rings (SSSR count). The number of aromatic nitrogens is 3. The second-order valence-corrected chi connectivity index (χ2v) is 7.44. The van der Waals surface area contributed by atoms with Gasteiger partial charge in [-0.1, -0.05) is 47.7 Å². The van der Waals surface area contributed by atoms with Crippen molar-refractivity contribution in [2.75, 3.05) is 11.9 Å². The van der Waals surface area contributed by atoms with Crippen molar-refractivity contribution in [3.05, 3.63) is 59.7 Å². The average molecular weight is 368 g/mol. The Morgan fingerprint density at radius 2 is 1.96 bits per heavy atom. The number of nitrogens with one attached hydrogen (secondary N) is 1. The van der Waals surface area contributed by atoms with Gasteiger partial charge in [0.25, 0.3) is 0 Å². The first-order chi connectivity index (χ1) is 12.3. The number of rotatable bonds is 6. The third-order valence-corrected chi connectivity index (χ3v) is 5.82. The lowest BCUT2D eigenvalue weighted by atomic mass is 10.1. The Labute approximate surface area is 153 Å². The summed E-state index contributed by atoms with van der Waals surface area (Å²) < 4.78 is 0. The quantitative estimate of drug-likeness (QED) is 0.529. The van der Waals surface area contributed by atoms with Gasteiger partial charge in [-0.2, -0.15) is 0 Å². The van der Waals surface area contributed by atoms with Crippen molar-refractivity contribution in [1.29, 1.82) is 0 Å². The van der Waals surface area contributed by atoms with E-state index in [1.807, 2.05) is 41.8 Å². The highest BCUT2D eigenvalue weighted by Gasteiger charge is 2.13. The van der Waals surface area contributed by atoms with Gasteiger partial charge in [0.05, 0.1) is 11.0 Å². The summed E-state index contributed by atoms with van der Waals surface area (Å²) >= 11 is 3.23. The van der Waals surface area contributed by atoms with E-state index in [1.54, 1.807) is 29.0 Å². The second kappa shape index (κ2) is 7.26. The highest BCUT2D eigenvalue weighted by Crippen LogP contribution is 2.33. The molecule has 0 aliphatic rings. The lowest BCUT2D eigenvalue weighted by molar-refractivity contribution is 0.171. The van der Waals surface area contributed by atoms with E-state index in [1.165, 1.54) is 0 Å². The molecule has 25 heavy (non-hydrogen) atoms. The Hall–Kier alpha value is -2.35. The SMILES string of the molecule is OC(CCNc1ncnc2sc(-c3cccs3)nc12)c1ccccc1. The van der Waals surface area contributed by atoms with Crippen molar-refractivity contribution < 1.29 is 5.11 Å². The van der Waals surface area contributed by atoms with E-state index in [9.17, 15) is 5.11 Å². The number of nitrogens with zero attached hydrogens (tertiary/aromatic N) is 3. The Bertz CT molecular complexity index is 954. The third-order valence-electron chi connectivity index (χ3n) is 3.82. The Morgan fingerprint density at radius 1 is 1.08 bits per heavy atom. The van der Waals surface area contributed by atoms with Gasteiger partial charge in [-0.15, -0.1) is 11.3 Å². The van der Waals surface area contributed by atoms with Crippen LogP contribution in [-0.2, 0) is 0 Å². The summed E-state index contributed by atoms with van der Waals surface area (Å²) in [6.07, 6.45) is 1.65. The van der Waals surface area contributed by atoms with Crippen LogP contribution in [0.1, 0.15) is 18.1 Å². The molecule has 1 unspecified atom stereocenters. The second-order valence-electron chi connectivity index (χ2n) is 5.51. The zero-order valence-electron chi connectivity index (χ0n) is 13.3. The van der Waals surface area contributed by atoms with Crippen LogP contribution in [0.4, 0.5) is 5.82 Å². The fourth-order valence-corrected chi connectivity index (χ4v) is 4.26. The first-order valence-corrected chi connectivity index (χ1v) is 9.63. The average Bonchev–Trinajstić information content (AvgIpc) is 3.32. The summed E-state index contributed by atoms with van der Waals surface area (Å²) in [5.41, 5.74) is 1.70. The van der Waals surface area contributed by atoms with E-state index in [2.05, 4.69) is 21.4 Å². The fraction of sp³-hybridized carbons (Fsp3) is 0.167. The van der Waals surface area contributed by atoms with Crippen LogP contribution in [0, 0.1) is 0 Å². The van der Waals surface area contributed by atoms with Crippen LogP contribution in [0.15, 0.2) is 54.2 Å². The lowest BCUT2D eigenvalue weighted by Gasteiger charge is -2.11. The van der Waals surface area contributed by atoms with Crippen molar-refractivity contribution >= 4 is 38.8 Å². The van der Waals surface area contributed by atoms with E-state index in [4.69, 9.17) is 4.98 Å². The van der Waals surface area contributed by atoms with Crippen LogP contribution in [0.25, 0.3) is 20.2 Å². The molecule has 2 N–H and O–H groups in total. The predicted octanol–water partition coefficient (Wildman–Crippen LogP) is 4.35. The summed E-state index contributed by atoms with van der Waals surface area (Å²) in [4.78, 5) is 15.3. The van der Waals surface area contributed by atoms with Crippen molar-refractivity contribution in [3.63, 3.8) is 0 Å². The van der Waals surface area contributed by atoms with Gasteiger partial charge in [-0.3, -0.25) is 0 Å². The zero-order valence-corrected chi connectivity index (χ0v) is 14.9. The molecule has 126 valence electrons. The van der Waals surface area contributed by atoms with Crippen LogP contribution in [-0.4, -0.2) is 26.6 Å². The molecule has 3 aromatic heterocycles. The third kappa shape index (κ3) is 3.53. The van der Waals surface area contributed by atoms with Crippen molar-refractivity contribution in [2.24, 2.45) is 0 Å². The number of aliphatic hydroxyl groups excluding tert-OH is 1. The van der Waals surface area contributed by atoms with Gasteiger partial charge in [0.15, 0.2) is 5.82 Å². The smallest absolute Gasteiger partial charge is 0.156 e. The van der Waals surface area contributed by atoms with Crippen LogP contribution >= 0.6 is 22.7 Å². The van der Waals surface area contributed by atoms with Gasteiger partial charge < -0.3 is 10.4 Å². The van der Waals surface area contributed by atoms with Gasteiger partial charge in [-0.05, 0) is 23.4 Å². The van der Waals surface area contributed by atoms with E-state index in [-0.39, 0.29) is 0 Å². The predicted molar refractivity (Wildman–Crippen MR) is 103 cm³/mol. The summed E-state index contributed by atoms with van der Waals surface area (Å²) in [6, 6.07) is 13.7. The summed E-state index contributed by atoms with van der Waals surface area (Å²) in [5, 5.41) is 16.5. The number of thiophene rings is 1. The van der Waals surface area contributed by atoms with Gasteiger partial charge >= 0.3 is 0 Å². The minimum absolute atomic E-state index is 0.497. The molecular weight excluding hydrogens is 352 g/mol. The number of hydrogen-bond donors (Lipinski definition) is 2. The van der Waals surface area contributed by atoms with Gasteiger partial charge in [0.2, 0.25) is 0 Å². The molecule has 0 aliphatic carbocycles. The molecule has 1 aromatic carbocycles. The molecule has 0 aliphatic heterocycles. The van der Waals surface area contributed by atoms with Gasteiger partial charge in [-0.25, -0.2) is 15.0 Å². The van der Waals surface area contributed by atoms with E-state index in [0.717, 1.165) is 25.8 Å². The lowest BCUT2D eigenvalue weighted by Crippen LogP contribution is -2.09. The molecule has 0 fully saturated rings. The molecule has 0 radical (unpaired) electrons. The minimum Gasteiger partial charge on any atom is -0.388 e. The van der Waals surface area contributed by atoms with Gasteiger partial charge in [0, 0.05) is 6.54 Å². The number of hydrogen-bond acceptors (Lipinski definition) is 7. The Balaban J connectivity index is 1.48.